The highest BCUT2D eigenvalue weighted by Gasteiger charge is 2.32. The molecule has 1 aromatic heterocycles. The monoisotopic (exact) mass is 467 g/mol. The molecule has 0 saturated heterocycles. The van der Waals surface area contributed by atoms with Crippen molar-refractivity contribution in [1.29, 1.82) is 0 Å². The lowest BCUT2D eigenvalue weighted by atomic mass is 10.0. The van der Waals surface area contributed by atoms with Gasteiger partial charge < -0.3 is 4.42 Å². The van der Waals surface area contributed by atoms with E-state index >= 15 is 0 Å². The van der Waals surface area contributed by atoms with Gasteiger partial charge in [0.1, 0.15) is 5.58 Å². The third-order valence-corrected chi connectivity index (χ3v) is 7.30. The van der Waals surface area contributed by atoms with Crippen LogP contribution in [0.5, 0.6) is 0 Å². The molecule has 6 heteroatoms. The van der Waals surface area contributed by atoms with Crippen molar-refractivity contribution in [3.8, 4) is 11.1 Å². The average Bonchev–Trinajstić information content (AvgIpc) is 2.86. The highest BCUT2D eigenvalue weighted by atomic mass is 32.2. The van der Waals surface area contributed by atoms with Crippen molar-refractivity contribution in [1.82, 2.24) is 0 Å². The predicted octanol–water partition coefficient (Wildman–Crippen LogP) is 6.30. The number of hydrogen-bond donors (Lipinski definition) is 0. The molecule has 0 aliphatic carbocycles. The number of fused-ring (bicyclic) bond motifs is 1. The predicted molar refractivity (Wildman–Crippen MR) is 135 cm³/mol. The third-order valence-electron chi connectivity index (χ3n) is 5.58. The average molecular weight is 468 g/mol. The molecule has 0 aliphatic rings. The number of benzene rings is 4. The van der Waals surface area contributed by atoms with Crippen molar-refractivity contribution in [2.75, 3.05) is 4.31 Å². The topological polar surface area (TPSA) is 67.6 Å². The van der Waals surface area contributed by atoms with Gasteiger partial charge in [-0.15, -0.1) is 0 Å². The minimum atomic E-state index is -4.14. The summed E-state index contributed by atoms with van der Waals surface area (Å²) < 4.78 is 35.4. The number of hydrogen-bond acceptors (Lipinski definition) is 4. The third kappa shape index (κ3) is 3.78. The van der Waals surface area contributed by atoms with Gasteiger partial charge in [-0.2, -0.15) is 0 Å². The molecule has 0 amide bonds. The molecule has 168 valence electrons. The molecule has 4 aromatic carbocycles. The van der Waals surface area contributed by atoms with Gasteiger partial charge in [0.05, 0.1) is 21.5 Å². The van der Waals surface area contributed by atoms with Gasteiger partial charge in [0.25, 0.3) is 10.0 Å². The van der Waals surface area contributed by atoms with Crippen LogP contribution in [0.15, 0.2) is 123 Å². The van der Waals surface area contributed by atoms with Crippen LogP contribution in [-0.4, -0.2) is 8.42 Å². The Labute approximate surface area is 197 Å². The second-order valence-corrected chi connectivity index (χ2v) is 9.68. The first-order valence-corrected chi connectivity index (χ1v) is 12.2. The number of anilines is 2. The molecular weight excluding hydrogens is 446 g/mol. The lowest BCUT2D eigenvalue weighted by molar-refractivity contribution is 0.580. The first kappa shape index (κ1) is 21.7. The summed E-state index contributed by atoms with van der Waals surface area (Å²) in [5.74, 6) is -0.0540. The molecule has 1 heterocycles. The zero-order valence-electron chi connectivity index (χ0n) is 18.4. The molecule has 0 N–H and O–H groups in total. The molecule has 0 atom stereocenters. The van der Waals surface area contributed by atoms with Gasteiger partial charge >= 0.3 is 0 Å². The fourth-order valence-corrected chi connectivity index (χ4v) is 5.31. The zero-order chi connectivity index (χ0) is 23.7. The van der Waals surface area contributed by atoms with E-state index in [0.717, 1.165) is 9.87 Å². The van der Waals surface area contributed by atoms with Gasteiger partial charge in [-0.3, -0.25) is 4.79 Å². The maximum absolute atomic E-state index is 14.0. The molecule has 0 saturated carbocycles. The van der Waals surface area contributed by atoms with Crippen LogP contribution in [0.2, 0.25) is 0 Å². The Morgan fingerprint density at radius 1 is 0.706 bits per heavy atom. The normalized spacial score (nSPS) is 11.4. The Morgan fingerprint density at radius 2 is 1.29 bits per heavy atom. The van der Waals surface area contributed by atoms with E-state index in [1.807, 2.05) is 13.0 Å². The molecule has 0 fully saturated rings. The van der Waals surface area contributed by atoms with Crippen molar-refractivity contribution in [3.05, 3.63) is 125 Å². The smallest absolute Gasteiger partial charge is 0.271 e. The zero-order valence-corrected chi connectivity index (χ0v) is 19.2. The first-order valence-electron chi connectivity index (χ1n) is 10.7. The van der Waals surface area contributed by atoms with E-state index in [-0.39, 0.29) is 21.8 Å². The molecule has 0 unspecified atom stereocenters. The maximum Gasteiger partial charge on any atom is 0.271 e. The summed E-state index contributed by atoms with van der Waals surface area (Å²) in [6, 6.07) is 31.1. The van der Waals surface area contributed by atoms with Crippen molar-refractivity contribution in [3.63, 3.8) is 0 Å². The van der Waals surface area contributed by atoms with Crippen molar-refractivity contribution < 1.29 is 12.8 Å². The second-order valence-electron chi connectivity index (χ2n) is 7.89. The quantitative estimate of drug-likeness (QED) is 0.304. The van der Waals surface area contributed by atoms with Crippen LogP contribution in [0.25, 0.3) is 22.1 Å². The molecule has 5 aromatic rings. The highest BCUT2D eigenvalue weighted by molar-refractivity contribution is 7.93. The Kier molecular flexibility index (Phi) is 5.51. The largest absolute Gasteiger partial charge is 0.438 e. The lowest BCUT2D eigenvalue weighted by Crippen LogP contribution is -2.28. The number of rotatable bonds is 5. The van der Waals surface area contributed by atoms with E-state index in [1.165, 1.54) is 0 Å². The number of aryl methyl sites for hydroxylation is 1. The summed E-state index contributed by atoms with van der Waals surface area (Å²) in [4.78, 5) is 13.8. The summed E-state index contributed by atoms with van der Waals surface area (Å²) in [6.07, 6.45) is 0. The summed E-state index contributed by atoms with van der Waals surface area (Å²) in [7, 11) is -4.14. The van der Waals surface area contributed by atoms with Crippen molar-refractivity contribution >= 4 is 32.6 Å². The van der Waals surface area contributed by atoms with Crippen LogP contribution in [0.4, 0.5) is 11.6 Å². The molecular formula is C28H21NO4S. The summed E-state index contributed by atoms with van der Waals surface area (Å²) in [5, 5.41) is 0.380. The fraction of sp³-hybridized carbons (Fsp3) is 0.0357. The van der Waals surface area contributed by atoms with Crippen LogP contribution in [0.1, 0.15) is 5.56 Å². The minimum absolute atomic E-state index is 0.0540. The number of para-hydroxylation sites is 2. The molecule has 0 spiro atoms. The van der Waals surface area contributed by atoms with Crippen LogP contribution < -0.4 is 9.73 Å². The fourth-order valence-electron chi connectivity index (χ4n) is 3.88. The summed E-state index contributed by atoms with van der Waals surface area (Å²) >= 11 is 0. The van der Waals surface area contributed by atoms with E-state index in [2.05, 4.69) is 0 Å². The molecule has 5 nitrogen and oxygen atoms in total. The van der Waals surface area contributed by atoms with Gasteiger partial charge in [0.15, 0.2) is 0 Å². The van der Waals surface area contributed by atoms with E-state index in [0.29, 0.717) is 22.2 Å². The number of nitrogens with zero attached hydrogens (tertiary/aromatic N) is 1. The molecule has 5 rings (SSSR count). The molecule has 0 bridgehead atoms. The van der Waals surface area contributed by atoms with Gasteiger partial charge in [-0.25, -0.2) is 12.7 Å². The van der Waals surface area contributed by atoms with E-state index in [9.17, 15) is 13.2 Å². The van der Waals surface area contributed by atoms with E-state index in [1.54, 1.807) is 103 Å². The highest BCUT2D eigenvalue weighted by Crippen LogP contribution is 2.39. The minimum Gasteiger partial charge on any atom is -0.438 e. The van der Waals surface area contributed by atoms with Gasteiger partial charge in [-0.05, 0) is 48.9 Å². The van der Waals surface area contributed by atoms with E-state index < -0.39 is 10.0 Å². The second kappa shape index (κ2) is 8.65. The Bertz CT molecular complexity index is 1630. The molecule has 0 radical (unpaired) electrons. The lowest BCUT2D eigenvalue weighted by Gasteiger charge is -2.25. The van der Waals surface area contributed by atoms with Crippen molar-refractivity contribution in [2.24, 2.45) is 0 Å². The summed E-state index contributed by atoms with van der Waals surface area (Å²) in [6.45, 7) is 1.89. The van der Waals surface area contributed by atoms with Crippen molar-refractivity contribution in [2.45, 2.75) is 11.8 Å². The van der Waals surface area contributed by atoms with E-state index in [4.69, 9.17) is 4.42 Å². The van der Waals surface area contributed by atoms with Gasteiger partial charge in [0.2, 0.25) is 11.3 Å². The van der Waals surface area contributed by atoms with Gasteiger partial charge in [0, 0.05) is 0 Å². The molecule has 34 heavy (non-hydrogen) atoms. The SMILES string of the molecule is Cc1ccc(S(=O)(=O)N(c2ccccc2)c2oc3ccccc3c(=O)c2-c2ccccc2)cc1. The molecule has 0 aliphatic heterocycles. The van der Waals surface area contributed by atoms with Crippen LogP contribution >= 0.6 is 0 Å². The van der Waals surface area contributed by atoms with Crippen LogP contribution in [0.3, 0.4) is 0 Å². The number of sulfonamides is 1. The maximum atomic E-state index is 14.0. The Hall–Kier alpha value is -4.16. The van der Waals surface area contributed by atoms with Gasteiger partial charge in [-0.1, -0.05) is 78.4 Å². The van der Waals surface area contributed by atoms with Crippen LogP contribution in [-0.2, 0) is 10.0 Å². The first-order chi connectivity index (χ1) is 16.5. The standard InChI is InChI=1S/C28H21NO4S/c1-20-16-18-23(19-17-20)34(31,32)29(22-12-6-3-7-13-22)28-26(21-10-4-2-5-11-21)27(30)24-14-8-9-15-25(24)33-28/h2-19H,1H3. The Morgan fingerprint density at radius 3 is 1.97 bits per heavy atom. The Balaban J connectivity index is 1.89. The summed E-state index contributed by atoms with van der Waals surface area (Å²) in [5.41, 5.74) is 2.05. The van der Waals surface area contributed by atoms with Crippen LogP contribution in [0, 0.1) is 6.92 Å².